The van der Waals surface area contributed by atoms with Crippen LogP contribution in [0.4, 0.5) is 0 Å². The Balaban J connectivity index is 3.33. The fourth-order valence-corrected chi connectivity index (χ4v) is 10.4. The fraction of sp³-hybridized carbons (Fsp3) is 0.910. The molecule has 0 heterocycles. The molecule has 0 radical (unpaired) electrons. The van der Waals surface area contributed by atoms with Crippen molar-refractivity contribution < 1.29 is 24.5 Å². The summed E-state index contributed by atoms with van der Waals surface area (Å²) in [6, 6.07) is -0.538. The number of ether oxygens (including phenoxy) is 1. The van der Waals surface area contributed by atoms with Crippen molar-refractivity contribution in [2.45, 2.75) is 379 Å². The fourth-order valence-electron chi connectivity index (χ4n) is 10.4. The van der Waals surface area contributed by atoms with E-state index < -0.39 is 12.1 Å². The number of amides is 1. The quantitative estimate of drug-likeness (QED) is 0.0320. The van der Waals surface area contributed by atoms with Crippen LogP contribution >= 0.6 is 0 Å². The lowest BCUT2D eigenvalue weighted by molar-refractivity contribution is -0.143. The number of hydrogen-bond acceptors (Lipinski definition) is 5. The number of rotatable bonds is 62. The number of aliphatic hydroxyl groups excluding tert-OH is 2. The van der Waals surface area contributed by atoms with Gasteiger partial charge in [-0.3, -0.25) is 9.59 Å². The van der Waals surface area contributed by atoms with Gasteiger partial charge in [0.1, 0.15) is 0 Å². The average Bonchev–Trinajstić information content (AvgIpc) is 3.39. The molecule has 0 bridgehead atoms. The van der Waals surface area contributed by atoms with Crippen LogP contribution in [-0.4, -0.2) is 47.4 Å². The Hall–Kier alpha value is -1.66. The van der Waals surface area contributed by atoms with Gasteiger partial charge in [-0.25, -0.2) is 0 Å². The van der Waals surface area contributed by atoms with E-state index in [2.05, 4.69) is 43.5 Å². The predicted octanol–water partition coefficient (Wildman–Crippen LogP) is 21.0. The van der Waals surface area contributed by atoms with Crippen LogP contribution < -0.4 is 5.32 Å². The molecule has 0 aromatic rings. The molecular formula is C67H129NO5. The van der Waals surface area contributed by atoms with E-state index in [0.29, 0.717) is 25.9 Å². The normalized spacial score (nSPS) is 12.7. The Kier molecular flexibility index (Phi) is 61.4. The highest BCUT2D eigenvalue weighted by molar-refractivity contribution is 5.76. The minimum absolute atomic E-state index is 0.0140. The molecule has 0 aromatic heterocycles. The van der Waals surface area contributed by atoms with Crippen molar-refractivity contribution in [2.75, 3.05) is 13.2 Å². The summed E-state index contributed by atoms with van der Waals surface area (Å²) in [6.45, 7) is 4.95. The molecule has 0 aliphatic rings. The van der Waals surface area contributed by atoms with Crippen LogP contribution in [0.25, 0.3) is 0 Å². The van der Waals surface area contributed by atoms with Gasteiger partial charge < -0.3 is 20.3 Å². The SMILES string of the molecule is CCCCCCCCC/C=C\CCCCCCCCCC(=O)OCCCCCCCCCCCCCC/C=C\CCCCCCCCCCCCCCCC(=O)NC(CO)C(O)CCCCCCCCCCC. The standard InChI is InChI=1S/C67H129NO5/c1-3-5-7-9-11-13-14-15-16-17-32-35-38-41-45-49-53-57-61-67(72)73-62-58-54-50-46-42-39-36-33-30-28-26-24-22-20-18-19-21-23-25-27-29-31-34-37-40-44-48-52-56-60-66(71)68-64(63-69)65(70)59-55-51-47-43-12-10-8-6-4-2/h16-18,20,64-65,69-70H,3-15,19,21-63H2,1-2H3,(H,68,71)/b17-16-,20-18-. The van der Waals surface area contributed by atoms with E-state index in [1.165, 1.54) is 289 Å². The Morgan fingerprint density at radius 3 is 0.973 bits per heavy atom. The summed E-state index contributed by atoms with van der Waals surface area (Å²) in [5.41, 5.74) is 0. The van der Waals surface area contributed by atoms with Crippen LogP contribution in [0.2, 0.25) is 0 Å². The van der Waals surface area contributed by atoms with Gasteiger partial charge >= 0.3 is 5.97 Å². The van der Waals surface area contributed by atoms with Gasteiger partial charge in [-0.1, -0.05) is 301 Å². The zero-order valence-electron chi connectivity index (χ0n) is 49.4. The second-order valence-electron chi connectivity index (χ2n) is 22.8. The molecule has 0 spiro atoms. The maximum Gasteiger partial charge on any atom is 0.305 e. The Labute approximate surface area is 456 Å². The number of aliphatic hydroxyl groups is 2. The van der Waals surface area contributed by atoms with E-state index in [4.69, 9.17) is 4.74 Å². The van der Waals surface area contributed by atoms with Crippen molar-refractivity contribution in [1.29, 1.82) is 0 Å². The molecule has 6 nitrogen and oxygen atoms in total. The number of nitrogens with one attached hydrogen (secondary N) is 1. The van der Waals surface area contributed by atoms with Crippen LogP contribution in [0.3, 0.4) is 0 Å². The third kappa shape index (κ3) is 59.4. The second-order valence-corrected chi connectivity index (χ2v) is 22.8. The zero-order chi connectivity index (χ0) is 52.9. The molecule has 0 aliphatic carbocycles. The molecule has 0 rings (SSSR count). The summed E-state index contributed by atoms with van der Waals surface area (Å²) in [4.78, 5) is 24.5. The van der Waals surface area contributed by atoms with Crippen molar-refractivity contribution in [3.63, 3.8) is 0 Å². The first-order valence-electron chi connectivity index (χ1n) is 33.1. The van der Waals surface area contributed by atoms with Gasteiger partial charge in [0.2, 0.25) is 5.91 Å². The van der Waals surface area contributed by atoms with Gasteiger partial charge in [-0.15, -0.1) is 0 Å². The number of unbranched alkanes of at least 4 members (excludes halogenated alkanes) is 47. The first-order chi connectivity index (χ1) is 36.0. The minimum atomic E-state index is -0.661. The van der Waals surface area contributed by atoms with Crippen molar-refractivity contribution >= 4 is 11.9 Å². The lowest BCUT2D eigenvalue weighted by Crippen LogP contribution is -2.45. The summed E-state index contributed by atoms with van der Waals surface area (Å²) in [5.74, 6) is -0.0214. The average molecular weight is 1030 g/mol. The van der Waals surface area contributed by atoms with Crippen molar-refractivity contribution in [2.24, 2.45) is 0 Å². The highest BCUT2D eigenvalue weighted by atomic mass is 16.5. The number of carbonyl (C=O) groups excluding carboxylic acids is 2. The largest absolute Gasteiger partial charge is 0.466 e. The number of allylic oxidation sites excluding steroid dienone is 4. The van der Waals surface area contributed by atoms with E-state index in [-0.39, 0.29) is 18.5 Å². The number of hydrogen-bond donors (Lipinski definition) is 3. The van der Waals surface area contributed by atoms with Gasteiger partial charge in [-0.05, 0) is 77.0 Å². The van der Waals surface area contributed by atoms with Crippen molar-refractivity contribution in [3.8, 4) is 0 Å². The van der Waals surface area contributed by atoms with E-state index in [9.17, 15) is 19.8 Å². The smallest absolute Gasteiger partial charge is 0.305 e. The summed E-state index contributed by atoms with van der Waals surface area (Å²) < 4.78 is 5.50. The molecule has 0 fully saturated rings. The second kappa shape index (κ2) is 62.9. The van der Waals surface area contributed by atoms with Crippen LogP contribution in [0.5, 0.6) is 0 Å². The Bertz CT molecular complexity index is 1140. The lowest BCUT2D eigenvalue weighted by atomic mass is 10.0. The first kappa shape index (κ1) is 71.3. The maximum absolute atomic E-state index is 12.4. The number of carbonyl (C=O) groups is 2. The van der Waals surface area contributed by atoms with Gasteiger partial charge in [0, 0.05) is 12.8 Å². The highest BCUT2D eigenvalue weighted by Gasteiger charge is 2.20. The Morgan fingerprint density at radius 1 is 0.370 bits per heavy atom. The highest BCUT2D eigenvalue weighted by Crippen LogP contribution is 2.18. The molecule has 0 saturated carbocycles. The first-order valence-corrected chi connectivity index (χ1v) is 33.1. The van der Waals surface area contributed by atoms with E-state index in [1.807, 2.05) is 0 Å². The lowest BCUT2D eigenvalue weighted by Gasteiger charge is -2.22. The maximum atomic E-state index is 12.4. The molecule has 0 saturated heterocycles. The van der Waals surface area contributed by atoms with Gasteiger partial charge in [-0.2, -0.15) is 0 Å². The van der Waals surface area contributed by atoms with Gasteiger partial charge in [0.15, 0.2) is 0 Å². The zero-order valence-corrected chi connectivity index (χ0v) is 49.4. The number of esters is 1. The van der Waals surface area contributed by atoms with Crippen LogP contribution in [0, 0.1) is 0 Å². The minimum Gasteiger partial charge on any atom is -0.466 e. The molecule has 6 heteroatoms. The molecule has 1 amide bonds. The molecular weight excluding hydrogens is 899 g/mol. The molecule has 0 aromatic carbocycles. The van der Waals surface area contributed by atoms with Crippen LogP contribution in [-0.2, 0) is 14.3 Å². The molecule has 2 atom stereocenters. The van der Waals surface area contributed by atoms with E-state index >= 15 is 0 Å². The summed E-state index contributed by atoms with van der Waals surface area (Å²) in [7, 11) is 0. The van der Waals surface area contributed by atoms with Crippen molar-refractivity contribution in [3.05, 3.63) is 24.3 Å². The van der Waals surface area contributed by atoms with Crippen molar-refractivity contribution in [1.82, 2.24) is 5.32 Å². The molecule has 0 aliphatic heterocycles. The third-order valence-corrected chi connectivity index (χ3v) is 15.5. The monoisotopic (exact) mass is 1030 g/mol. The Morgan fingerprint density at radius 2 is 0.644 bits per heavy atom. The topological polar surface area (TPSA) is 95.9 Å². The van der Waals surface area contributed by atoms with Gasteiger partial charge in [0.25, 0.3) is 0 Å². The predicted molar refractivity (Wildman–Crippen MR) is 320 cm³/mol. The molecule has 73 heavy (non-hydrogen) atoms. The summed E-state index contributed by atoms with van der Waals surface area (Å²) in [6.07, 6.45) is 78.0. The molecule has 3 N–H and O–H groups in total. The third-order valence-electron chi connectivity index (χ3n) is 15.5. The molecule has 2 unspecified atom stereocenters. The van der Waals surface area contributed by atoms with Crippen LogP contribution in [0.1, 0.15) is 367 Å². The summed E-state index contributed by atoms with van der Waals surface area (Å²) in [5, 5.41) is 23.1. The molecule has 432 valence electrons. The van der Waals surface area contributed by atoms with Crippen LogP contribution in [0.15, 0.2) is 24.3 Å². The van der Waals surface area contributed by atoms with E-state index in [1.54, 1.807) is 0 Å². The van der Waals surface area contributed by atoms with Gasteiger partial charge in [0.05, 0.1) is 25.4 Å². The van der Waals surface area contributed by atoms with E-state index in [0.717, 1.165) is 44.9 Å². The summed E-state index contributed by atoms with van der Waals surface area (Å²) >= 11 is 0.